The van der Waals surface area contributed by atoms with Gasteiger partial charge < -0.3 is 6.74 Å². The Kier molecular flexibility index (Phi) is 6.50. The molecule has 0 aromatic carbocycles. The summed E-state index contributed by atoms with van der Waals surface area (Å²) in [6.45, 7) is 2.04. The van der Waals surface area contributed by atoms with Gasteiger partial charge in [-0.15, -0.1) is 0 Å². The molecule has 1 saturated heterocycles. The first-order valence-electron chi connectivity index (χ1n) is 2.96. The van der Waals surface area contributed by atoms with E-state index in [-0.39, 0.29) is 31.0 Å². The molecule has 1 fully saturated rings. The molecule has 0 aliphatic carbocycles. The second-order valence-electron chi connectivity index (χ2n) is 2.11. The van der Waals surface area contributed by atoms with Crippen molar-refractivity contribution in [2.45, 2.75) is 18.5 Å². The van der Waals surface area contributed by atoms with E-state index in [1.807, 2.05) is 0 Å². The molecule has 0 aromatic heterocycles. The molecule has 0 saturated carbocycles. The van der Waals surface area contributed by atoms with E-state index in [4.69, 9.17) is 0 Å². The Morgan fingerprint density at radius 2 is 2.44 bits per heavy atom. The Morgan fingerprint density at radius 3 is 2.78 bits per heavy atom. The van der Waals surface area contributed by atoms with Gasteiger partial charge >= 0.3 is 29.6 Å². The van der Waals surface area contributed by atoms with Crippen LogP contribution in [0.1, 0.15) is 14.3 Å². The van der Waals surface area contributed by atoms with E-state index in [1.165, 1.54) is 6.42 Å². The van der Waals surface area contributed by atoms with Crippen LogP contribution < -0.4 is 34.9 Å². The van der Waals surface area contributed by atoms with Gasteiger partial charge in [-0.3, -0.25) is 4.57 Å². The van der Waals surface area contributed by atoms with Gasteiger partial charge in [0.25, 0.3) is 0 Å². The van der Waals surface area contributed by atoms with Gasteiger partial charge in [0.2, 0.25) is 0 Å². The summed E-state index contributed by atoms with van der Waals surface area (Å²) in [5.41, 5.74) is 0.392. The van der Waals surface area contributed by atoms with Gasteiger partial charge in [-0.1, -0.05) is 0 Å². The fraction of sp³-hybridized carbons (Fsp3) is 1.00. The fourth-order valence-corrected chi connectivity index (χ4v) is 1.42. The molecule has 1 rings (SSSR count). The van der Waals surface area contributed by atoms with Crippen LogP contribution in [-0.2, 0) is 4.57 Å². The normalized spacial score (nSPS) is 27.3. The molecule has 0 amide bonds. The maximum atomic E-state index is 10.2. The van der Waals surface area contributed by atoms with E-state index >= 15 is 0 Å². The van der Waals surface area contributed by atoms with Crippen molar-refractivity contribution in [1.82, 2.24) is 5.32 Å². The van der Waals surface area contributed by atoms with Gasteiger partial charge in [-0.2, -0.15) is 0 Å². The fourth-order valence-electron chi connectivity index (χ4n) is 0.923. The monoisotopic (exact) mass is 155 g/mol. The Balaban J connectivity index is 0. The molecule has 0 bridgehead atoms. The number of hydrogen-bond acceptors (Lipinski definition) is 2. The molecule has 0 aromatic rings. The molecule has 1 unspecified atom stereocenters. The van der Waals surface area contributed by atoms with E-state index in [1.54, 1.807) is 0 Å². The van der Waals surface area contributed by atoms with Crippen molar-refractivity contribution in [1.29, 1.82) is 0 Å². The molecule has 4 heteroatoms. The van der Waals surface area contributed by atoms with Crippen LogP contribution in [0.15, 0.2) is 0 Å². The average Bonchev–Trinajstić information content (AvgIpc) is 1.90. The van der Waals surface area contributed by atoms with Gasteiger partial charge in [0, 0.05) is 6.54 Å². The second-order valence-corrected chi connectivity index (χ2v) is 3.05. The minimum Gasteiger partial charge on any atom is -1.00 e. The standard InChI is InChI=1S/C5H10NOP.Na.H/c7-8-5-2-1-3-6-4-5;;/h5-6H,1-4H2;;/q;+1;-1. The summed E-state index contributed by atoms with van der Waals surface area (Å²) in [5, 5.41) is 3.18. The van der Waals surface area contributed by atoms with Crippen LogP contribution in [0.4, 0.5) is 0 Å². The maximum Gasteiger partial charge on any atom is 1.00 e. The molecule has 9 heavy (non-hydrogen) atoms. The summed E-state index contributed by atoms with van der Waals surface area (Å²) >= 11 is 0. The van der Waals surface area contributed by atoms with E-state index in [9.17, 15) is 4.57 Å². The predicted molar refractivity (Wildman–Crippen MR) is 34.6 cm³/mol. The molecule has 1 atom stereocenters. The smallest absolute Gasteiger partial charge is 1.00 e. The molecular weight excluding hydrogens is 144 g/mol. The molecule has 0 radical (unpaired) electrons. The molecule has 1 aliphatic rings. The summed E-state index contributed by atoms with van der Waals surface area (Å²) in [6.07, 6.45) is 2.30. The van der Waals surface area contributed by atoms with E-state index in [0.29, 0.717) is 14.1 Å². The molecule has 1 aliphatic heterocycles. The zero-order chi connectivity index (χ0) is 5.82. The minimum absolute atomic E-state index is 0. The summed E-state index contributed by atoms with van der Waals surface area (Å²) in [4.78, 5) is 0. The van der Waals surface area contributed by atoms with Crippen LogP contribution in [0, 0.1) is 0 Å². The zero-order valence-corrected chi connectivity index (χ0v) is 8.66. The quantitative estimate of drug-likeness (QED) is 0.355. The third kappa shape index (κ3) is 3.69. The van der Waals surface area contributed by atoms with Crippen LogP contribution >= 0.6 is 8.46 Å². The van der Waals surface area contributed by atoms with Crippen LogP contribution in [0.3, 0.4) is 0 Å². The van der Waals surface area contributed by atoms with E-state index in [0.717, 1.165) is 19.5 Å². The van der Waals surface area contributed by atoms with Gasteiger partial charge in [-0.05, 0) is 19.4 Å². The first kappa shape index (κ1) is 10.1. The van der Waals surface area contributed by atoms with Gasteiger partial charge in [0.05, 0.1) is 5.66 Å². The first-order chi connectivity index (χ1) is 3.93. The third-order valence-electron chi connectivity index (χ3n) is 1.42. The number of hydrogen-bond donors (Lipinski definition) is 1. The minimum atomic E-state index is 0. The van der Waals surface area contributed by atoms with Crippen molar-refractivity contribution in [2.24, 2.45) is 0 Å². The predicted octanol–water partition coefficient (Wildman–Crippen LogP) is -1.85. The maximum absolute atomic E-state index is 10.2. The summed E-state index contributed by atoms with van der Waals surface area (Å²) in [7, 11) is 0.314. The van der Waals surface area contributed by atoms with Gasteiger partial charge in [0.15, 0.2) is 8.46 Å². The summed E-state index contributed by atoms with van der Waals surface area (Å²) in [5.74, 6) is 0. The molecule has 0 spiro atoms. The number of piperidine rings is 1. The largest absolute Gasteiger partial charge is 1.00 e. The third-order valence-corrected chi connectivity index (χ3v) is 2.16. The van der Waals surface area contributed by atoms with Crippen molar-refractivity contribution in [3.63, 3.8) is 0 Å². The molecule has 1 heterocycles. The van der Waals surface area contributed by atoms with Gasteiger partial charge in [-0.25, -0.2) is 0 Å². The summed E-state index contributed by atoms with van der Waals surface area (Å²) in [6, 6.07) is 0. The second kappa shape index (κ2) is 5.82. The Bertz CT molecular complexity index is 89.7. The van der Waals surface area contributed by atoms with Gasteiger partial charge in [0.1, 0.15) is 0 Å². The van der Waals surface area contributed by atoms with Crippen LogP contribution in [0.25, 0.3) is 0 Å². The van der Waals surface area contributed by atoms with E-state index in [2.05, 4.69) is 5.32 Å². The topological polar surface area (TPSA) is 29.1 Å². The van der Waals surface area contributed by atoms with Crippen molar-refractivity contribution >= 4 is 8.46 Å². The van der Waals surface area contributed by atoms with Crippen molar-refractivity contribution in [3.8, 4) is 0 Å². The molecule has 48 valence electrons. The Hall–Kier alpha value is 1.06. The SMILES string of the molecule is O=PC1CCCNC1.[H-].[Na+]. The van der Waals surface area contributed by atoms with Crippen molar-refractivity contribution < 1.29 is 35.5 Å². The number of nitrogens with one attached hydrogen (secondary N) is 1. The van der Waals surface area contributed by atoms with E-state index < -0.39 is 0 Å². The van der Waals surface area contributed by atoms with Crippen molar-refractivity contribution in [2.75, 3.05) is 13.1 Å². The molecule has 2 nitrogen and oxygen atoms in total. The summed E-state index contributed by atoms with van der Waals surface area (Å²) < 4.78 is 10.2. The zero-order valence-electron chi connectivity index (χ0n) is 6.76. The Morgan fingerprint density at radius 1 is 1.67 bits per heavy atom. The van der Waals surface area contributed by atoms with Crippen molar-refractivity contribution in [3.05, 3.63) is 0 Å². The van der Waals surface area contributed by atoms with Crippen LogP contribution in [0.5, 0.6) is 0 Å². The van der Waals surface area contributed by atoms with Crippen LogP contribution in [0.2, 0.25) is 0 Å². The Labute approximate surface area is 80.8 Å². The first-order valence-corrected chi connectivity index (χ1v) is 3.85. The average molecular weight is 155 g/mol. The number of rotatable bonds is 1. The molecular formula is C5H11NNaOP. The molecule has 1 N–H and O–H groups in total. The van der Waals surface area contributed by atoms with Crippen LogP contribution in [-0.4, -0.2) is 18.7 Å².